The molecule has 0 saturated heterocycles. The topological polar surface area (TPSA) is 106 Å². The molecule has 0 spiro atoms. The number of halogens is 1. The first-order valence-corrected chi connectivity index (χ1v) is 11.1. The molecule has 1 aliphatic rings. The van der Waals surface area contributed by atoms with E-state index in [-0.39, 0.29) is 20.5 Å². The Bertz CT molecular complexity index is 1070. The standard InChI is InChI=1S/C16H16ClN3O4S2/c17-12-4-1-6-14(10-12)25(21,22)19-13-5-2-7-15(11-13)26(23,24)20-16-8-3-9-18-16/h1-2,4-7,10-11,19H,3,8-9H2,(H,18,20)/p+1. The van der Waals surface area contributed by atoms with Gasteiger partial charge in [-0.25, -0.2) is 8.42 Å². The van der Waals surface area contributed by atoms with Gasteiger partial charge in [0.05, 0.1) is 23.5 Å². The predicted molar refractivity (Wildman–Crippen MR) is 99.1 cm³/mol. The van der Waals surface area contributed by atoms with Crippen LogP contribution in [0.15, 0.2) is 58.3 Å². The fraction of sp³-hybridized carbons (Fsp3) is 0.188. The van der Waals surface area contributed by atoms with Gasteiger partial charge in [0.2, 0.25) is 0 Å². The molecule has 0 atom stereocenters. The van der Waals surface area contributed by atoms with Gasteiger partial charge in [-0.1, -0.05) is 23.7 Å². The molecule has 2 aromatic carbocycles. The lowest BCUT2D eigenvalue weighted by Gasteiger charge is -2.09. The van der Waals surface area contributed by atoms with Crippen molar-refractivity contribution in [2.24, 2.45) is 0 Å². The predicted octanol–water partition coefficient (Wildman–Crippen LogP) is 0.692. The number of hydrogen-bond acceptors (Lipinski definition) is 4. The number of sulfonamides is 2. The number of hydrogen-bond donors (Lipinski definition) is 3. The first kappa shape index (κ1) is 18.7. The Labute approximate surface area is 157 Å². The fourth-order valence-corrected chi connectivity index (χ4v) is 4.98. The minimum atomic E-state index is -3.89. The zero-order valence-electron chi connectivity index (χ0n) is 13.6. The molecule has 0 radical (unpaired) electrons. The Morgan fingerprint density at radius 3 is 2.19 bits per heavy atom. The molecule has 3 rings (SSSR count). The average molecular weight is 415 g/mol. The summed E-state index contributed by atoms with van der Waals surface area (Å²) in [6, 6.07) is 11.4. The van der Waals surface area contributed by atoms with E-state index in [9.17, 15) is 16.8 Å². The highest BCUT2D eigenvalue weighted by Crippen LogP contribution is 2.21. The molecular weight excluding hydrogens is 398 g/mol. The SMILES string of the molecule is O=S(=O)(NC1=[NH+]CCC1)c1cccc(NS(=O)(=O)c2cccc(Cl)c2)c1. The van der Waals surface area contributed by atoms with Gasteiger partial charge in [-0.3, -0.25) is 9.71 Å². The van der Waals surface area contributed by atoms with Crippen LogP contribution in [0.1, 0.15) is 12.8 Å². The van der Waals surface area contributed by atoms with Crippen LogP contribution in [-0.4, -0.2) is 29.2 Å². The van der Waals surface area contributed by atoms with E-state index in [2.05, 4.69) is 14.4 Å². The van der Waals surface area contributed by atoms with Crippen molar-refractivity contribution in [2.75, 3.05) is 11.3 Å². The van der Waals surface area contributed by atoms with Gasteiger partial charge >= 0.3 is 10.0 Å². The van der Waals surface area contributed by atoms with Crippen LogP contribution in [0, 0.1) is 0 Å². The maximum Gasteiger partial charge on any atom is 0.328 e. The van der Waals surface area contributed by atoms with Gasteiger partial charge < -0.3 is 0 Å². The summed E-state index contributed by atoms with van der Waals surface area (Å²) in [6.45, 7) is 0.720. The second-order valence-corrected chi connectivity index (χ2v) is 9.51. The molecular formula is C16H17ClN3O4S2+. The average Bonchev–Trinajstić information content (AvgIpc) is 3.07. The van der Waals surface area contributed by atoms with E-state index >= 15 is 0 Å². The molecule has 0 amide bonds. The summed E-state index contributed by atoms with van der Waals surface area (Å²) >= 11 is 5.83. The first-order valence-electron chi connectivity index (χ1n) is 7.77. The lowest BCUT2D eigenvalue weighted by molar-refractivity contribution is -0.448. The van der Waals surface area contributed by atoms with Crippen LogP contribution < -0.4 is 14.4 Å². The van der Waals surface area contributed by atoms with Crippen LogP contribution in [0.25, 0.3) is 0 Å². The maximum atomic E-state index is 12.5. The van der Waals surface area contributed by atoms with E-state index in [1.165, 1.54) is 42.5 Å². The van der Waals surface area contributed by atoms with Crippen molar-refractivity contribution in [3.63, 3.8) is 0 Å². The molecule has 1 heterocycles. The van der Waals surface area contributed by atoms with E-state index in [0.717, 1.165) is 13.0 Å². The molecule has 0 bridgehead atoms. The Balaban J connectivity index is 1.85. The van der Waals surface area contributed by atoms with E-state index in [1.54, 1.807) is 6.07 Å². The van der Waals surface area contributed by atoms with Crippen molar-refractivity contribution in [3.05, 3.63) is 53.6 Å². The number of nitrogens with one attached hydrogen (secondary N) is 3. The van der Waals surface area contributed by atoms with E-state index < -0.39 is 20.0 Å². The molecule has 0 saturated carbocycles. The second kappa shape index (κ2) is 7.26. The van der Waals surface area contributed by atoms with Crippen molar-refractivity contribution in [1.82, 2.24) is 4.72 Å². The number of rotatable bonds is 5. The fourth-order valence-electron chi connectivity index (χ4n) is 2.48. The summed E-state index contributed by atoms with van der Waals surface area (Å²) in [4.78, 5) is 2.92. The van der Waals surface area contributed by atoms with Crippen LogP contribution in [-0.2, 0) is 20.0 Å². The summed E-state index contributed by atoms with van der Waals surface area (Å²) in [7, 11) is -7.69. The quantitative estimate of drug-likeness (QED) is 0.669. The van der Waals surface area contributed by atoms with Crippen molar-refractivity contribution in [3.8, 4) is 0 Å². The molecule has 0 aromatic heterocycles. The lowest BCUT2D eigenvalue weighted by atomic mass is 10.3. The van der Waals surface area contributed by atoms with Gasteiger partial charge in [0.25, 0.3) is 15.9 Å². The molecule has 26 heavy (non-hydrogen) atoms. The number of benzene rings is 2. The summed E-state index contributed by atoms with van der Waals surface area (Å²) in [5, 5.41) is 0.287. The highest BCUT2D eigenvalue weighted by Gasteiger charge is 2.25. The van der Waals surface area contributed by atoms with Gasteiger partial charge in [-0.2, -0.15) is 13.1 Å². The van der Waals surface area contributed by atoms with Crippen molar-refractivity contribution in [2.45, 2.75) is 22.6 Å². The van der Waals surface area contributed by atoms with Crippen molar-refractivity contribution in [1.29, 1.82) is 0 Å². The van der Waals surface area contributed by atoms with Crippen molar-refractivity contribution >= 4 is 43.2 Å². The Morgan fingerprint density at radius 1 is 0.885 bits per heavy atom. The lowest BCUT2D eigenvalue weighted by Crippen LogP contribution is -2.72. The summed E-state index contributed by atoms with van der Waals surface area (Å²) in [5.74, 6) is 0.537. The summed E-state index contributed by atoms with van der Waals surface area (Å²) in [5.41, 5.74) is 0.136. The van der Waals surface area contributed by atoms with E-state index in [4.69, 9.17) is 11.6 Å². The van der Waals surface area contributed by atoms with Crippen LogP contribution in [0.5, 0.6) is 0 Å². The van der Waals surface area contributed by atoms with Crippen molar-refractivity contribution < 1.29 is 21.8 Å². The largest absolute Gasteiger partial charge is 0.328 e. The van der Waals surface area contributed by atoms with Gasteiger partial charge in [0, 0.05) is 5.02 Å². The maximum absolute atomic E-state index is 12.5. The molecule has 10 heteroatoms. The molecule has 1 aliphatic heterocycles. The molecule has 0 unspecified atom stereocenters. The normalized spacial score (nSPS) is 14.7. The Morgan fingerprint density at radius 2 is 1.54 bits per heavy atom. The molecule has 2 aromatic rings. The van der Waals surface area contributed by atoms with Gasteiger partial charge in [-0.05, 0) is 42.8 Å². The first-order chi connectivity index (χ1) is 12.3. The van der Waals surface area contributed by atoms with Gasteiger partial charge in [0.1, 0.15) is 4.90 Å². The molecule has 3 N–H and O–H groups in total. The smallest absolute Gasteiger partial charge is 0.280 e. The third kappa shape index (κ3) is 4.35. The number of anilines is 1. The third-order valence-electron chi connectivity index (χ3n) is 3.70. The Hall–Kier alpha value is -2.10. The highest BCUT2D eigenvalue weighted by atomic mass is 35.5. The van der Waals surface area contributed by atoms with Crippen LogP contribution in [0.3, 0.4) is 0 Å². The second-order valence-electron chi connectivity index (χ2n) is 5.71. The van der Waals surface area contributed by atoms with Gasteiger partial charge in [-0.15, -0.1) is 0 Å². The van der Waals surface area contributed by atoms with Crippen LogP contribution in [0.4, 0.5) is 5.69 Å². The van der Waals surface area contributed by atoms with Crippen LogP contribution >= 0.6 is 11.6 Å². The van der Waals surface area contributed by atoms with E-state index in [1.807, 2.05) is 0 Å². The summed E-state index contributed by atoms with van der Waals surface area (Å²) < 4.78 is 54.6. The monoisotopic (exact) mass is 414 g/mol. The van der Waals surface area contributed by atoms with E-state index in [0.29, 0.717) is 12.3 Å². The zero-order valence-corrected chi connectivity index (χ0v) is 16.0. The molecule has 7 nitrogen and oxygen atoms in total. The number of amidine groups is 1. The minimum absolute atomic E-state index is 0.0119. The van der Waals surface area contributed by atoms with Crippen LogP contribution in [0.2, 0.25) is 5.02 Å². The molecule has 0 aliphatic carbocycles. The molecule has 138 valence electrons. The molecule has 0 fully saturated rings. The Kier molecular flexibility index (Phi) is 5.22. The summed E-state index contributed by atoms with van der Waals surface area (Å²) in [6.07, 6.45) is 1.48. The third-order valence-corrected chi connectivity index (χ3v) is 6.71. The van der Waals surface area contributed by atoms with Gasteiger partial charge in [0.15, 0.2) is 0 Å². The zero-order chi connectivity index (χ0) is 18.8. The highest BCUT2D eigenvalue weighted by molar-refractivity contribution is 7.92. The minimum Gasteiger partial charge on any atom is -0.280 e.